The Morgan fingerprint density at radius 3 is 2.65 bits per heavy atom. The highest BCUT2D eigenvalue weighted by Gasteiger charge is 2.17. The van der Waals surface area contributed by atoms with Crippen LogP contribution in [0.1, 0.15) is 23.6 Å². The summed E-state index contributed by atoms with van der Waals surface area (Å²) in [7, 11) is 0. The van der Waals surface area contributed by atoms with Gasteiger partial charge in [-0.25, -0.2) is 4.98 Å². The molecule has 0 radical (unpaired) electrons. The number of hydrogen-bond donors (Lipinski definition) is 1. The predicted molar refractivity (Wildman–Crippen MR) is 107 cm³/mol. The summed E-state index contributed by atoms with van der Waals surface area (Å²) in [5, 5.41) is 3.58. The van der Waals surface area contributed by atoms with E-state index >= 15 is 0 Å². The van der Waals surface area contributed by atoms with Gasteiger partial charge in [-0.3, -0.25) is 9.36 Å². The Hall–Kier alpha value is -2.53. The van der Waals surface area contributed by atoms with E-state index < -0.39 is 0 Å². The number of carbonyl (C=O) groups is 1. The molecule has 0 aliphatic rings. The second kappa shape index (κ2) is 8.23. The molecule has 1 aromatic heterocycles. The number of aromatic nitrogens is 2. The zero-order valence-corrected chi connectivity index (χ0v) is 16.1. The quantitative estimate of drug-likeness (QED) is 0.663. The molecule has 3 aromatic rings. The van der Waals surface area contributed by atoms with Crippen molar-refractivity contribution in [3.63, 3.8) is 0 Å². The van der Waals surface area contributed by atoms with Gasteiger partial charge in [0.25, 0.3) is 0 Å². The number of aryl methyl sites for hydroxylation is 2. The Labute approximate surface area is 158 Å². The lowest BCUT2D eigenvalue weighted by molar-refractivity contribution is -0.120. The van der Waals surface area contributed by atoms with Gasteiger partial charge in [0.2, 0.25) is 5.91 Å². The van der Waals surface area contributed by atoms with Gasteiger partial charge in [0.05, 0.1) is 5.25 Å². The largest absolute Gasteiger partial charge is 0.351 e. The molecule has 4 nitrogen and oxygen atoms in total. The highest BCUT2D eigenvalue weighted by Crippen LogP contribution is 2.25. The Morgan fingerprint density at radius 2 is 1.92 bits per heavy atom. The molecule has 0 aliphatic carbocycles. The summed E-state index contributed by atoms with van der Waals surface area (Å²) < 4.78 is 2.03. The van der Waals surface area contributed by atoms with Crippen molar-refractivity contribution < 1.29 is 4.79 Å². The molecule has 5 heteroatoms. The van der Waals surface area contributed by atoms with Gasteiger partial charge in [-0.15, -0.1) is 0 Å². The monoisotopic (exact) mass is 365 g/mol. The molecule has 0 spiro atoms. The van der Waals surface area contributed by atoms with Gasteiger partial charge >= 0.3 is 0 Å². The molecule has 26 heavy (non-hydrogen) atoms. The smallest absolute Gasteiger partial charge is 0.233 e. The molecule has 0 aliphatic heterocycles. The van der Waals surface area contributed by atoms with E-state index in [1.165, 1.54) is 22.9 Å². The lowest BCUT2D eigenvalue weighted by Gasteiger charge is -2.14. The van der Waals surface area contributed by atoms with Gasteiger partial charge in [-0.2, -0.15) is 0 Å². The van der Waals surface area contributed by atoms with Gasteiger partial charge in [-0.1, -0.05) is 48.2 Å². The van der Waals surface area contributed by atoms with Crippen molar-refractivity contribution >= 4 is 17.7 Å². The van der Waals surface area contributed by atoms with Crippen LogP contribution in [0.3, 0.4) is 0 Å². The molecular weight excluding hydrogens is 342 g/mol. The fourth-order valence-corrected chi connectivity index (χ4v) is 3.50. The third-order valence-electron chi connectivity index (χ3n) is 4.34. The second-order valence-electron chi connectivity index (χ2n) is 6.31. The number of imidazole rings is 1. The highest BCUT2D eigenvalue weighted by atomic mass is 32.2. The normalized spacial score (nSPS) is 12.0. The highest BCUT2D eigenvalue weighted by molar-refractivity contribution is 8.00. The van der Waals surface area contributed by atoms with E-state index in [4.69, 9.17) is 0 Å². The third kappa shape index (κ3) is 4.35. The Kier molecular flexibility index (Phi) is 5.78. The number of hydrogen-bond acceptors (Lipinski definition) is 3. The predicted octanol–water partition coefficient (Wildman–Crippen LogP) is 4.29. The minimum Gasteiger partial charge on any atom is -0.351 e. The van der Waals surface area contributed by atoms with E-state index in [2.05, 4.69) is 42.3 Å². The second-order valence-corrected chi connectivity index (χ2v) is 7.62. The van der Waals surface area contributed by atoms with Gasteiger partial charge in [0.1, 0.15) is 0 Å². The SMILES string of the molecule is Cc1ccc(-n2ccnc2SC(C)C(=O)NCc2ccccc2)cc1C. The number of amides is 1. The number of nitrogens with one attached hydrogen (secondary N) is 1. The first-order valence-corrected chi connectivity index (χ1v) is 9.52. The van der Waals surface area contributed by atoms with Crippen molar-refractivity contribution in [2.75, 3.05) is 0 Å². The zero-order chi connectivity index (χ0) is 18.5. The average Bonchev–Trinajstić information content (AvgIpc) is 3.11. The van der Waals surface area contributed by atoms with Crippen LogP contribution in [0.5, 0.6) is 0 Å². The Morgan fingerprint density at radius 1 is 1.15 bits per heavy atom. The summed E-state index contributed by atoms with van der Waals surface area (Å²) >= 11 is 1.46. The number of rotatable bonds is 6. The molecule has 0 saturated carbocycles. The molecule has 0 fully saturated rings. The fraction of sp³-hybridized carbons (Fsp3) is 0.238. The van der Waals surface area contributed by atoms with E-state index in [-0.39, 0.29) is 11.2 Å². The molecule has 1 N–H and O–H groups in total. The topological polar surface area (TPSA) is 46.9 Å². The van der Waals surface area contributed by atoms with Crippen LogP contribution < -0.4 is 5.32 Å². The molecule has 0 bridgehead atoms. The minimum atomic E-state index is -0.230. The van der Waals surface area contributed by atoms with Gasteiger partial charge in [0.15, 0.2) is 5.16 Å². The van der Waals surface area contributed by atoms with Crippen LogP contribution in [0.4, 0.5) is 0 Å². The molecule has 134 valence electrons. The standard InChI is InChI=1S/C21H23N3OS/c1-15-9-10-19(13-16(15)2)24-12-11-22-21(24)26-17(3)20(25)23-14-18-7-5-4-6-8-18/h4-13,17H,14H2,1-3H3,(H,23,25). The van der Waals surface area contributed by atoms with Crippen molar-refractivity contribution in [1.29, 1.82) is 0 Å². The van der Waals surface area contributed by atoms with Crippen molar-refractivity contribution in [3.8, 4) is 5.69 Å². The van der Waals surface area contributed by atoms with Crippen molar-refractivity contribution in [2.45, 2.75) is 37.7 Å². The molecule has 2 aromatic carbocycles. The average molecular weight is 366 g/mol. The summed E-state index contributed by atoms with van der Waals surface area (Å²) in [6.07, 6.45) is 3.70. The van der Waals surface area contributed by atoms with Gasteiger partial charge in [-0.05, 0) is 49.6 Å². The summed E-state index contributed by atoms with van der Waals surface area (Å²) in [6.45, 7) is 6.64. The van der Waals surface area contributed by atoms with Crippen LogP contribution in [0.25, 0.3) is 5.69 Å². The van der Waals surface area contributed by atoms with Gasteiger partial charge < -0.3 is 5.32 Å². The third-order valence-corrected chi connectivity index (χ3v) is 5.42. The molecular formula is C21H23N3OS. The summed E-state index contributed by atoms with van der Waals surface area (Å²) in [6, 6.07) is 16.2. The van der Waals surface area contributed by atoms with Crippen LogP contribution in [0.15, 0.2) is 66.1 Å². The molecule has 1 amide bonds. The van der Waals surface area contributed by atoms with Crippen molar-refractivity contribution in [2.24, 2.45) is 0 Å². The van der Waals surface area contributed by atoms with Gasteiger partial charge in [0, 0.05) is 24.6 Å². The maximum atomic E-state index is 12.4. The summed E-state index contributed by atoms with van der Waals surface area (Å²) in [5.41, 5.74) is 4.65. The van der Waals surface area contributed by atoms with Crippen LogP contribution >= 0.6 is 11.8 Å². The molecule has 0 saturated heterocycles. The lowest BCUT2D eigenvalue weighted by atomic mass is 10.1. The van der Waals surface area contributed by atoms with E-state index in [1.807, 2.05) is 48.0 Å². The molecule has 1 heterocycles. The summed E-state index contributed by atoms with van der Waals surface area (Å²) in [4.78, 5) is 16.9. The van der Waals surface area contributed by atoms with Crippen LogP contribution in [-0.4, -0.2) is 20.7 Å². The van der Waals surface area contributed by atoms with E-state index in [0.717, 1.165) is 16.4 Å². The first-order chi connectivity index (χ1) is 12.5. The summed E-state index contributed by atoms with van der Waals surface area (Å²) in [5.74, 6) is 0.00786. The number of benzene rings is 2. The first kappa shape index (κ1) is 18.3. The minimum absolute atomic E-state index is 0.00786. The van der Waals surface area contributed by atoms with E-state index in [0.29, 0.717) is 6.54 Å². The van der Waals surface area contributed by atoms with Crippen LogP contribution in [0.2, 0.25) is 0 Å². The van der Waals surface area contributed by atoms with Crippen molar-refractivity contribution in [1.82, 2.24) is 14.9 Å². The zero-order valence-electron chi connectivity index (χ0n) is 15.3. The molecule has 3 rings (SSSR count). The van der Waals surface area contributed by atoms with Crippen molar-refractivity contribution in [3.05, 3.63) is 77.6 Å². The molecule has 1 unspecified atom stereocenters. The first-order valence-electron chi connectivity index (χ1n) is 8.64. The Balaban J connectivity index is 1.66. The number of carbonyl (C=O) groups excluding carboxylic acids is 1. The number of nitrogens with zero attached hydrogens (tertiary/aromatic N) is 2. The van der Waals surface area contributed by atoms with E-state index in [9.17, 15) is 4.79 Å². The van der Waals surface area contributed by atoms with Crippen LogP contribution in [-0.2, 0) is 11.3 Å². The maximum Gasteiger partial charge on any atom is 0.233 e. The lowest BCUT2D eigenvalue weighted by Crippen LogP contribution is -2.30. The molecule has 1 atom stereocenters. The van der Waals surface area contributed by atoms with E-state index in [1.54, 1.807) is 6.20 Å². The fourth-order valence-electron chi connectivity index (χ4n) is 2.59. The maximum absolute atomic E-state index is 12.4. The number of thioether (sulfide) groups is 1. The van der Waals surface area contributed by atoms with Crippen LogP contribution in [0, 0.1) is 13.8 Å². The Bertz CT molecular complexity index is 889.